The number of anilines is 1. The zero-order valence-electron chi connectivity index (χ0n) is 14.6. The van der Waals surface area contributed by atoms with Crippen LogP contribution in [0.2, 0.25) is 0 Å². The van der Waals surface area contributed by atoms with Gasteiger partial charge in [0.25, 0.3) is 16.0 Å². The van der Waals surface area contributed by atoms with E-state index in [1.54, 1.807) is 0 Å². The third-order valence-electron chi connectivity index (χ3n) is 4.21. The van der Waals surface area contributed by atoms with Crippen molar-refractivity contribution in [2.45, 2.75) is 23.5 Å². The van der Waals surface area contributed by atoms with E-state index in [0.717, 1.165) is 27.2 Å². The van der Waals surface area contributed by atoms with Gasteiger partial charge in [0.2, 0.25) is 0 Å². The van der Waals surface area contributed by atoms with Crippen LogP contribution in [0.3, 0.4) is 0 Å². The van der Waals surface area contributed by atoms with Crippen molar-refractivity contribution in [1.29, 1.82) is 0 Å². The molecule has 28 heavy (non-hydrogen) atoms. The Labute approximate surface area is 175 Å². The molecule has 2 N–H and O–H groups in total. The van der Waals surface area contributed by atoms with E-state index in [2.05, 4.69) is 0 Å². The van der Waals surface area contributed by atoms with Crippen molar-refractivity contribution in [2.24, 2.45) is 0 Å². The minimum Gasteiger partial charge on any atom is -0.480 e. The smallest absolute Gasteiger partial charge is 0.323 e. The molecule has 2 aliphatic rings. The highest BCUT2D eigenvalue weighted by atomic mass is 32.2. The van der Waals surface area contributed by atoms with E-state index < -0.39 is 33.8 Å². The molecule has 2 aliphatic heterocycles. The predicted octanol–water partition coefficient (Wildman–Crippen LogP) is 2.38. The van der Waals surface area contributed by atoms with E-state index >= 15 is 0 Å². The molecule has 1 aromatic rings. The van der Waals surface area contributed by atoms with Gasteiger partial charge in [0.1, 0.15) is 20.8 Å². The van der Waals surface area contributed by atoms with E-state index in [1.807, 2.05) is 29.2 Å². The first-order chi connectivity index (χ1) is 13.1. The molecule has 0 aliphatic carbocycles. The van der Waals surface area contributed by atoms with Crippen LogP contribution >= 0.6 is 35.7 Å². The number of rotatable bonds is 6. The Morgan fingerprint density at radius 2 is 1.93 bits per heavy atom. The van der Waals surface area contributed by atoms with Crippen molar-refractivity contribution in [1.82, 2.24) is 4.90 Å². The molecule has 1 aromatic carbocycles. The molecule has 2 heterocycles. The molecule has 3 rings (SSSR count). The number of para-hydroxylation sites is 1. The van der Waals surface area contributed by atoms with Gasteiger partial charge < -0.3 is 10.0 Å². The quantitative estimate of drug-likeness (QED) is 0.372. The third kappa shape index (κ3) is 4.20. The minimum absolute atomic E-state index is 0.145. The maximum atomic E-state index is 12.8. The Morgan fingerprint density at radius 1 is 1.25 bits per heavy atom. The standard InChI is InChI=1S/C16H16N2O6S4/c1-9(28(22,23)24)6-7-17-10-4-2-3-5-11(10)26-15(17)13-14(21)18(8-12(19)20)16(25)27-13/h2-5,9H,6-8H2,1H3,(H,19,20)(H,22,23,24)/b15-13-. The fourth-order valence-corrected chi connectivity index (χ4v) is 5.68. The number of hydrogen-bond donors (Lipinski definition) is 2. The molecule has 150 valence electrons. The first kappa shape index (κ1) is 21.1. The van der Waals surface area contributed by atoms with Crippen molar-refractivity contribution in [3.8, 4) is 0 Å². The maximum Gasteiger partial charge on any atom is 0.323 e. The molecule has 1 atom stereocenters. The first-order valence-corrected chi connectivity index (χ1v) is 11.6. The number of carboxylic acid groups (broad SMARTS) is 1. The SMILES string of the molecule is CC(CCN1/C(=C2/SC(=S)N(CC(=O)O)C2=O)Sc2ccccc21)S(=O)(=O)O. The van der Waals surface area contributed by atoms with Crippen molar-refractivity contribution in [3.05, 3.63) is 34.2 Å². The highest BCUT2D eigenvalue weighted by Gasteiger charge is 2.40. The van der Waals surface area contributed by atoms with Gasteiger partial charge in [-0.05, 0) is 25.5 Å². The first-order valence-electron chi connectivity index (χ1n) is 8.10. The lowest BCUT2D eigenvalue weighted by molar-refractivity contribution is -0.140. The fraction of sp³-hybridized carbons (Fsp3) is 0.312. The molecule has 0 bridgehead atoms. The van der Waals surface area contributed by atoms with Gasteiger partial charge in [0.15, 0.2) is 0 Å². The Kier molecular flexibility index (Phi) is 6.05. The molecule has 0 saturated carbocycles. The summed E-state index contributed by atoms with van der Waals surface area (Å²) >= 11 is 7.53. The molecule has 1 amide bonds. The number of carbonyl (C=O) groups is 2. The van der Waals surface area contributed by atoms with Crippen molar-refractivity contribution >= 4 is 67.7 Å². The van der Waals surface area contributed by atoms with Gasteiger partial charge in [0.05, 0.1) is 10.9 Å². The van der Waals surface area contributed by atoms with Crippen LogP contribution in [0.25, 0.3) is 0 Å². The Morgan fingerprint density at radius 3 is 2.57 bits per heavy atom. The molecular formula is C16H16N2O6S4. The molecule has 0 aromatic heterocycles. The number of nitrogens with zero attached hydrogens (tertiary/aromatic N) is 2. The monoisotopic (exact) mass is 460 g/mol. The second-order valence-corrected chi connectivity index (χ2v) is 10.6. The number of hydrogen-bond acceptors (Lipinski definition) is 8. The number of fused-ring (bicyclic) bond motifs is 1. The summed E-state index contributed by atoms with van der Waals surface area (Å²) in [4.78, 5) is 27.8. The fourth-order valence-electron chi connectivity index (χ4n) is 2.68. The van der Waals surface area contributed by atoms with E-state index in [9.17, 15) is 22.6 Å². The van der Waals surface area contributed by atoms with Crippen molar-refractivity contribution < 1.29 is 27.7 Å². The van der Waals surface area contributed by atoms with Gasteiger partial charge in [-0.2, -0.15) is 8.42 Å². The molecular weight excluding hydrogens is 444 g/mol. The Balaban J connectivity index is 1.95. The summed E-state index contributed by atoms with van der Waals surface area (Å²) < 4.78 is 32.1. The minimum atomic E-state index is -4.17. The highest BCUT2D eigenvalue weighted by Crippen LogP contribution is 2.50. The van der Waals surface area contributed by atoms with Crippen LogP contribution in [0.15, 0.2) is 39.1 Å². The third-order valence-corrected chi connectivity index (χ3v) is 8.21. The number of amides is 1. The summed E-state index contributed by atoms with van der Waals surface area (Å²) in [7, 11) is -4.17. The molecule has 0 spiro atoms. The van der Waals surface area contributed by atoms with Crippen LogP contribution in [0, 0.1) is 0 Å². The molecule has 1 fully saturated rings. The second kappa shape index (κ2) is 8.03. The number of thiocarbonyl (C=S) groups is 1. The van der Waals surface area contributed by atoms with Gasteiger partial charge in [-0.1, -0.05) is 47.9 Å². The number of thioether (sulfide) groups is 2. The summed E-state index contributed by atoms with van der Waals surface area (Å²) in [6.07, 6.45) is 0.145. The van der Waals surface area contributed by atoms with Crippen molar-refractivity contribution in [2.75, 3.05) is 18.0 Å². The average Bonchev–Trinajstić information content (AvgIpc) is 3.10. The Hall–Kier alpha value is -1.60. The summed E-state index contributed by atoms with van der Waals surface area (Å²) in [6.45, 7) is 1.15. The second-order valence-electron chi connectivity index (χ2n) is 6.12. The van der Waals surface area contributed by atoms with E-state index in [-0.39, 0.29) is 17.3 Å². The molecule has 0 radical (unpaired) electrons. The molecule has 1 unspecified atom stereocenters. The van der Waals surface area contributed by atoms with Crippen LogP contribution < -0.4 is 4.90 Å². The van der Waals surface area contributed by atoms with Crippen LogP contribution in [0.4, 0.5) is 5.69 Å². The molecule has 8 nitrogen and oxygen atoms in total. The summed E-state index contributed by atoms with van der Waals surface area (Å²) in [5.74, 6) is -1.65. The maximum absolute atomic E-state index is 12.8. The lowest BCUT2D eigenvalue weighted by Gasteiger charge is -2.22. The highest BCUT2D eigenvalue weighted by molar-refractivity contribution is 8.27. The number of carboxylic acids is 1. The largest absolute Gasteiger partial charge is 0.480 e. The van der Waals surface area contributed by atoms with E-state index in [4.69, 9.17) is 17.3 Å². The van der Waals surface area contributed by atoms with E-state index in [1.165, 1.54) is 18.7 Å². The molecule has 12 heteroatoms. The van der Waals surface area contributed by atoms with Crippen LogP contribution in [-0.4, -0.2) is 57.5 Å². The number of carbonyl (C=O) groups excluding carboxylic acids is 1. The van der Waals surface area contributed by atoms with Crippen molar-refractivity contribution in [3.63, 3.8) is 0 Å². The topological polar surface area (TPSA) is 115 Å². The van der Waals surface area contributed by atoms with E-state index in [0.29, 0.717) is 9.93 Å². The van der Waals surface area contributed by atoms with Crippen LogP contribution in [0.5, 0.6) is 0 Å². The van der Waals surface area contributed by atoms with Crippen LogP contribution in [-0.2, 0) is 19.7 Å². The lowest BCUT2D eigenvalue weighted by Crippen LogP contribution is -2.34. The average molecular weight is 461 g/mol. The van der Waals surface area contributed by atoms with Gasteiger partial charge in [-0.25, -0.2) is 0 Å². The summed E-state index contributed by atoms with van der Waals surface area (Å²) in [5.41, 5.74) is 0.813. The van der Waals surface area contributed by atoms with Gasteiger partial charge >= 0.3 is 5.97 Å². The summed E-state index contributed by atoms with van der Waals surface area (Å²) in [5, 5.41) is 8.61. The number of aliphatic carboxylic acids is 1. The van der Waals surface area contributed by atoms with Crippen LogP contribution in [0.1, 0.15) is 13.3 Å². The van der Waals surface area contributed by atoms with Gasteiger partial charge in [-0.3, -0.25) is 19.0 Å². The number of benzene rings is 1. The Bertz CT molecular complexity index is 991. The normalized spacial score (nSPS) is 20.6. The predicted molar refractivity (Wildman–Crippen MR) is 112 cm³/mol. The molecule has 1 saturated heterocycles. The lowest BCUT2D eigenvalue weighted by atomic mass is 10.2. The van der Waals surface area contributed by atoms with Gasteiger partial charge in [-0.15, -0.1) is 0 Å². The zero-order valence-corrected chi connectivity index (χ0v) is 17.8. The zero-order chi connectivity index (χ0) is 20.6. The van der Waals surface area contributed by atoms with Gasteiger partial charge in [0, 0.05) is 11.4 Å². The summed E-state index contributed by atoms with van der Waals surface area (Å²) in [6, 6.07) is 7.41.